The van der Waals surface area contributed by atoms with Crippen LogP contribution in [0.5, 0.6) is 5.75 Å². The first-order valence-corrected chi connectivity index (χ1v) is 9.91. The van der Waals surface area contributed by atoms with Crippen molar-refractivity contribution in [2.45, 2.75) is 25.0 Å². The number of benzene rings is 2. The molecule has 0 aliphatic carbocycles. The molecule has 2 aliphatic rings. The van der Waals surface area contributed by atoms with E-state index >= 15 is 0 Å². The zero-order chi connectivity index (χ0) is 21.0. The second-order valence-electron chi connectivity index (χ2n) is 7.50. The predicted molar refractivity (Wildman–Crippen MR) is 111 cm³/mol. The van der Waals surface area contributed by atoms with Gasteiger partial charge < -0.3 is 15.0 Å². The van der Waals surface area contributed by atoms with Crippen molar-refractivity contribution in [1.29, 1.82) is 0 Å². The fourth-order valence-corrected chi connectivity index (χ4v) is 3.71. The van der Waals surface area contributed by atoms with E-state index < -0.39 is 11.6 Å². The summed E-state index contributed by atoms with van der Waals surface area (Å²) in [5, 5.41) is 4.97. The smallest absolute Gasteiger partial charge is 0.322 e. The second kappa shape index (κ2) is 8.41. The molecule has 0 unspecified atom stereocenters. The third-order valence-electron chi connectivity index (χ3n) is 5.47. The van der Waals surface area contributed by atoms with Crippen molar-refractivity contribution in [2.24, 2.45) is 0 Å². The fourth-order valence-electron chi connectivity index (χ4n) is 3.71. The van der Waals surface area contributed by atoms with E-state index in [0.29, 0.717) is 32.5 Å². The number of carbonyl (C=O) groups is 3. The Hall–Kier alpha value is -3.61. The Kier molecular flexibility index (Phi) is 5.52. The molecule has 4 amide bonds. The molecule has 0 radical (unpaired) electrons. The Morgan fingerprint density at radius 3 is 2.53 bits per heavy atom. The zero-order valence-corrected chi connectivity index (χ0v) is 16.5. The van der Waals surface area contributed by atoms with Crippen LogP contribution in [0.25, 0.3) is 6.08 Å². The number of carbonyl (C=O) groups excluding carboxylic acids is 3. The van der Waals surface area contributed by atoms with Crippen molar-refractivity contribution < 1.29 is 19.1 Å². The van der Waals surface area contributed by atoms with Gasteiger partial charge in [0, 0.05) is 19.2 Å². The normalized spacial score (nSPS) is 17.8. The van der Waals surface area contributed by atoms with Gasteiger partial charge in [0.15, 0.2) is 0 Å². The summed E-state index contributed by atoms with van der Waals surface area (Å²) in [4.78, 5) is 37.6. The predicted octanol–water partition coefficient (Wildman–Crippen LogP) is 2.48. The minimum absolute atomic E-state index is 0.120. The maximum Gasteiger partial charge on any atom is 0.322 e. The summed E-state index contributed by atoms with van der Waals surface area (Å²) in [5.41, 5.74) is 1.08. The number of ether oxygens (including phenoxy) is 1. The molecule has 0 atom stereocenters. The SMILES string of the molecule is O=C1NC(=O)C2(CCN(C(=O)/C=C/c3cccc(OCc4ccccc4)c3)CC2)N1. The van der Waals surface area contributed by atoms with Crippen LogP contribution in [0.15, 0.2) is 60.7 Å². The number of hydrogen-bond acceptors (Lipinski definition) is 4. The Labute approximate surface area is 174 Å². The van der Waals surface area contributed by atoms with Crippen LogP contribution in [0.2, 0.25) is 0 Å². The minimum atomic E-state index is -0.873. The molecule has 2 heterocycles. The molecule has 30 heavy (non-hydrogen) atoms. The lowest BCUT2D eigenvalue weighted by Gasteiger charge is -2.36. The molecule has 2 aliphatic heterocycles. The summed E-state index contributed by atoms with van der Waals surface area (Å²) in [6, 6.07) is 17.0. The molecule has 0 saturated carbocycles. The summed E-state index contributed by atoms with van der Waals surface area (Å²) in [6.45, 7) is 1.31. The second-order valence-corrected chi connectivity index (χ2v) is 7.50. The van der Waals surface area contributed by atoms with Gasteiger partial charge >= 0.3 is 6.03 Å². The summed E-state index contributed by atoms with van der Waals surface area (Å²) < 4.78 is 5.83. The highest BCUT2D eigenvalue weighted by Crippen LogP contribution is 2.25. The number of nitrogens with zero attached hydrogens (tertiary/aromatic N) is 1. The van der Waals surface area contributed by atoms with Crippen LogP contribution in [0, 0.1) is 0 Å². The van der Waals surface area contributed by atoms with Crippen LogP contribution in [0.1, 0.15) is 24.0 Å². The van der Waals surface area contributed by atoms with Gasteiger partial charge in [0.05, 0.1) is 0 Å². The van der Waals surface area contributed by atoms with Gasteiger partial charge in [-0.3, -0.25) is 14.9 Å². The summed E-state index contributed by atoms with van der Waals surface area (Å²) in [6.07, 6.45) is 4.10. The largest absolute Gasteiger partial charge is 0.489 e. The van der Waals surface area contributed by atoms with E-state index in [1.165, 1.54) is 6.08 Å². The van der Waals surface area contributed by atoms with E-state index in [1.54, 1.807) is 11.0 Å². The number of imide groups is 1. The van der Waals surface area contributed by atoms with Gasteiger partial charge in [-0.15, -0.1) is 0 Å². The first-order chi connectivity index (χ1) is 14.5. The van der Waals surface area contributed by atoms with Crippen molar-refractivity contribution in [1.82, 2.24) is 15.5 Å². The van der Waals surface area contributed by atoms with Crippen molar-refractivity contribution >= 4 is 23.9 Å². The van der Waals surface area contributed by atoms with Crippen LogP contribution in [0.3, 0.4) is 0 Å². The van der Waals surface area contributed by atoms with Gasteiger partial charge in [-0.05, 0) is 42.2 Å². The Bertz CT molecular complexity index is 979. The number of likely N-dealkylation sites (tertiary alicyclic amines) is 1. The zero-order valence-electron chi connectivity index (χ0n) is 16.5. The summed E-state index contributed by atoms with van der Waals surface area (Å²) in [7, 11) is 0. The van der Waals surface area contributed by atoms with E-state index in [1.807, 2.05) is 54.6 Å². The van der Waals surface area contributed by atoms with Crippen LogP contribution in [0.4, 0.5) is 4.79 Å². The van der Waals surface area contributed by atoms with Crippen LogP contribution < -0.4 is 15.4 Å². The summed E-state index contributed by atoms with van der Waals surface area (Å²) >= 11 is 0. The molecule has 4 rings (SSSR count). The number of hydrogen-bond donors (Lipinski definition) is 2. The maximum atomic E-state index is 12.5. The van der Waals surface area contributed by atoms with Crippen LogP contribution >= 0.6 is 0 Å². The molecule has 2 N–H and O–H groups in total. The standard InChI is InChI=1S/C23H23N3O4/c27-20(26-13-11-23(12-14-26)21(28)24-22(29)25-23)10-9-17-7-4-8-19(15-17)30-16-18-5-2-1-3-6-18/h1-10,15H,11-14,16H2,(H2,24,25,28,29)/b10-9+. The number of rotatable bonds is 5. The molecule has 154 valence electrons. The van der Waals surface area contributed by atoms with Gasteiger partial charge in [0.2, 0.25) is 5.91 Å². The Morgan fingerprint density at radius 2 is 1.83 bits per heavy atom. The van der Waals surface area contributed by atoms with E-state index in [2.05, 4.69) is 10.6 Å². The monoisotopic (exact) mass is 405 g/mol. The number of piperidine rings is 1. The highest BCUT2D eigenvalue weighted by molar-refractivity contribution is 6.07. The van der Waals surface area contributed by atoms with E-state index in [0.717, 1.165) is 16.9 Å². The van der Waals surface area contributed by atoms with Gasteiger partial charge in [0.1, 0.15) is 17.9 Å². The highest BCUT2D eigenvalue weighted by Gasteiger charge is 2.48. The van der Waals surface area contributed by atoms with Crippen molar-refractivity contribution in [2.75, 3.05) is 13.1 Å². The number of urea groups is 1. The number of amides is 4. The molecule has 2 fully saturated rings. The van der Waals surface area contributed by atoms with Crippen molar-refractivity contribution in [3.63, 3.8) is 0 Å². The minimum Gasteiger partial charge on any atom is -0.489 e. The van der Waals surface area contributed by atoms with Crippen molar-refractivity contribution in [3.8, 4) is 5.75 Å². The number of nitrogens with one attached hydrogen (secondary N) is 2. The molecule has 1 spiro atoms. The quantitative estimate of drug-likeness (QED) is 0.591. The maximum absolute atomic E-state index is 12.5. The summed E-state index contributed by atoms with van der Waals surface area (Å²) in [5.74, 6) is 0.309. The average Bonchev–Trinajstić information content (AvgIpc) is 3.04. The molecule has 7 nitrogen and oxygen atoms in total. The van der Waals surface area contributed by atoms with Crippen molar-refractivity contribution in [3.05, 3.63) is 71.8 Å². The van der Waals surface area contributed by atoms with Crippen LogP contribution in [-0.4, -0.2) is 41.4 Å². The third kappa shape index (κ3) is 4.35. The Morgan fingerprint density at radius 1 is 1.07 bits per heavy atom. The highest BCUT2D eigenvalue weighted by atomic mass is 16.5. The molecular weight excluding hydrogens is 382 g/mol. The van der Waals surface area contributed by atoms with Gasteiger partial charge in [0.25, 0.3) is 5.91 Å². The first-order valence-electron chi connectivity index (χ1n) is 9.91. The molecule has 0 aromatic heterocycles. The first kappa shape index (κ1) is 19.7. The molecule has 2 aromatic carbocycles. The molecule has 2 aromatic rings. The lowest BCUT2D eigenvalue weighted by Crippen LogP contribution is -2.55. The van der Waals surface area contributed by atoms with Crippen LogP contribution in [-0.2, 0) is 16.2 Å². The van der Waals surface area contributed by atoms with Gasteiger partial charge in [-0.2, -0.15) is 0 Å². The molecule has 2 saturated heterocycles. The average molecular weight is 405 g/mol. The van der Waals surface area contributed by atoms with E-state index in [4.69, 9.17) is 4.74 Å². The topological polar surface area (TPSA) is 87.7 Å². The van der Waals surface area contributed by atoms with E-state index in [-0.39, 0.29) is 11.8 Å². The molecule has 0 bridgehead atoms. The lowest BCUT2D eigenvalue weighted by molar-refractivity contribution is -0.132. The molecular formula is C23H23N3O4. The lowest BCUT2D eigenvalue weighted by atomic mass is 9.87. The fraction of sp³-hybridized carbons (Fsp3) is 0.261. The van der Waals surface area contributed by atoms with Gasteiger partial charge in [-0.25, -0.2) is 4.79 Å². The van der Waals surface area contributed by atoms with Gasteiger partial charge in [-0.1, -0.05) is 42.5 Å². The molecule has 7 heteroatoms. The van der Waals surface area contributed by atoms with E-state index in [9.17, 15) is 14.4 Å². The Balaban J connectivity index is 1.32. The third-order valence-corrected chi connectivity index (χ3v) is 5.47.